The third-order valence-electron chi connectivity index (χ3n) is 2.22. The van der Waals surface area contributed by atoms with E-state index in [2.05, 4.69) is 5.32 Å². The largest absolute Gasteiger partial charge is 0.326 e. The first-order valence-electron chi connectivity index (χ1n) is 4.44. The zero-order valence-electron chi connectivity index (χ0n) is 8.05. The molecule has 3 nitrogen and oxygen atoms in total. The number of ketones is 1. The van der Waals surface area contributed by atoms with Gasteiger partial charge in [0, 0.05) is 18.0 Å². The molecular weight excluding hydrogens is 152 g/mol. The van der Waals surface area contributed by atoms with Gasteiger partial charge in [-0.1, -0.05) is 20.8 Å². The lowest BCUT2D eigenvalue weighted by molar-refractivity contribution is -0.128. The molecular formula is C9H18N2O. The number of hydrogen-bond acceptors (Lipinski definition) is 3. The SMILES string of the molecule is CC(C)(C)C(=O)[C@@H]1C[C@H](N)CN1. The summed E-state index contributed by atoms with van der Waals surface area (Å²) < 4.78 is 0. The Morgan fingerprint density at radius 3 is 2.42 bits per heavy atom. The van der Waals surface area contributed by atoms with Gasteiger partial charge in [-0.15, -0.1) is 0 Å². The summed E-state index contributed by atoms with van der Waals surface area (Å²) in [5.74, 6) is 0.274. The van der Waals surface area contributed by atoms with E-state index in [0.29, 0.717) is 0 Å². The number of nitrogens with one attached hydrogen (secondary N) is 1. The highest BCUT2D eigenvalue weighted by atomic mass is 16.1. The fourth-order valence-corrected chi connectivity index (χ4v) is 1.49. The third-order valence-corrected chi connectivity index (χ3v) is 2.22. The Morgan fingerprint density at radius 2 is 2.08 bits per heavy atom. The number of nitrogens with two attached hydrogens (primary N) is 1. The Kier molecular flexibility index (Phi) is 2.54. The molecule has 70 valence electrons. The average molecular weight is 170 g/mol. The van der Waals surface area contributed by atoms with Crippen molar-refractivity contribution in [3.8, 4) is 0 Å². The summed E-state index contributed by atoms with van der Waals surface area (Å²) in [5.41, 5.74) is 5.44. The van der Waals surface area contributed by atoms with Crippen molar-refractivity contribution in [3.63, 3.8) is 0 Å². The molecule has 0 aromatic heterocycles. The molecule has 0 aromatic carbocycles. The highest BCUT2D eigenvalue weighted by molar-refractivity contribution is 5.89. The van der Waals surface area contributed by atoms with Gasteiger partial charge in [0.1, 0.15) is 0 Å². The second-order valence-electron chi connectivity index (χ2n) is 4.57. The van der Waals surface area contributed by atoms with Crippen LogP contribution in [0.1, 0.15) is 27.2 Å². The van der Waals surface area contributed by atoms with E-state index >= 15 is 0 Å². The monoisotopic (exact) mass is 170 g/mol. The number of rotatable bonds is 1. The maximum atomic E-state index is 11.7. The molecule has 0 aliphatic carbocycles. The summed E-state index contributed by atoms with van der Waals surface area (Å²) in [4.78, 5) is 11.7. The number of Topliss-reactive ketones (excluding diaryl/α,β-unsaturated/α-hetero) is 1. The molecule has 1 aliphatic rings. The maximum Gasteiger partial charge on any atom is 0.155 e. The smallest absolute Gasteiger partial charge is 0.155 e. The van der Waals surface area contributed by atoms with Crippen molar-refractivity contribution in [1.82, 2.24) is 5.32 Å². The van der Waals surface area contributed by atoms with Gasteiger partial charge in [0.2, 0.25) is 0 Å². The fourth-order valence-electron chi connectivity index (χ4n) is 1.49. The minimum atomic E-state index is -0.248. The average Bonchev–Trinajstić information content (AvgIpc) is 2.32. The van der Waals surface area contributed by atoms with Crippen molar-refractivity contribution in [1.29, 1.82) is 0 Å². The van der Waals surface area contributed by atoms with E-state index in [1.165, 1.54) is 0 Å². The van der Waals surface area contributed by atoms with Crippen LogP contribution in [0, 0.1) is 5.41 Å². The van der Waals surface area contributed by atoms with E-state index in [4.69, 9.17) is 5.73 Å². The second kappa shape index (κ2) is 3.15. The molecule has 0 spiro atoms. The Labute approximate surface area is 73.7 Å². The lowest BCUT2D eigenvalue weighted by Crippen LogP contribution is -2.38. The van der Waals surface area contributed by atoms with Crippen LogP contribution in [0.25, 0.3) is 0 Å². The molecule has 1 saturated heterocycles. The minimum absolute atomic E-state index is 0.0139. The van der Waals surface area contributed by atoms with Crippen LogP contribution in [0.2, 0.25) is 0 Å². The zero-order chi connectivity index (χ0) is 9.35. The quantitative estimate of drug-likeness (QED) is 0.594. The molecule has 0 unspecified atom stereocenters. The summed E-state index contributed by atoms with van der Waals surface area (Å²) in [5, 5.41) is 3.14. The van der Waals surface area contributed by atoms with E-state index in [9.17, 15) is 4.79 Å². The molecule has 12 heavy (non-hydrogen) atoms. The molecule has 0 bridgehead atoms. The van der Waals surface area contributed by atoms with Crippen LogP contribution in [-0.4, -0.2) is 24.4 Å². The standard InChI is InChI=1S/C9H18N2O/c1-9(2,3)8(12)7-4-6(10)5-11-7/h6-7,11H,4-5,10H2,1-3H3/t6-,7-/m0/s1. The normalized spacial score (nSPS) is 30.7. The summed E-state index contributed by atoms with van der Waals surface area (Å²) >= 11 is 0. The number of carbonyl (C=O) groups is 1. The van der Waals surface area contributed by atoms with E-state index in [-0.39, 0.29) is 23.3 Å². The Bertz CT molecular complexity index is 183. The van der Waals surface area contributed by atoms with Gasteiger partial charge in [-0.25, -0.2) is 0 Å². The van der Waals surface area contributed by atoms with Gasteiger partial charge in [0.25, 0.3) is 0 Å². The molecule has 1 rings (SSSR count). The maximum absolute atomic E-state index is 11.7. The molecule has 0 radical (unpaired) electrons. The van der Waals surface area contributed by atoms with Crippen LogP contribution in [0.3, 0.4) is 0 Å². The Balaban J connectivity index is 2.55. The Morgan fingerprint density at radius 1 is 1.50 bits per heavy atom. The first-order chi connectivity index (χ1) is 5.41. The predicted octanol–water partition coefficient (Wildman–Crippen LogP) is 0.291. The Hall–Kier alpha value is -0.410. The van der Waals surface area contributed by atoms with Gasteiger partial charge in [-0.05, 0) is 6.42 Å². The van der Waals surface area contributed by atoms with Crippen molar-refractivity contribution in [2.75, 3.05) is 6.54 Å². The first kappa shape index (κ1) is 9.68. The minimum Gasteiger partial charge on any atom is -0.326 e. The van der Waals surface area contributed by atoms with E-state index in [1.807, 2.05) is 20.8 Å². The molecule has 3 N–H and O–H groups in total. The van der Waals surface area contributed by atoms with E-state index in [0.717, 1.165) is 13.0 Å². The first-order valence-corrected chi connectivity index (χ1v) is 4.44. The topological polar surface area (TPSA) is 55.1 Å². The van der Waals surface area contributed by atoms with Crippen molar-refractivity contribution >= 4 is 5.78 Å². The molecule has 2 atom stereocenters. The summed E-state index contributed by atoms with van der Waals surface area (Å²) in [6.07, 6.45) is 0.788. The zero-order valence-corrected chi connectivity index (χ0v) is 8.05. The third kappa shape index (κ3) is 2.05. The lowest BCUT2D eigenvalue weighted by Gasteiger charge is -2.21. The van der Waals surface area contributed by atoms with Crippen molar-refractivity contribution in [2.24, 2.45) is 11.1 Å². The molecule has 0 aromatic rings. The van der Waals surface area contributed by atoms with Crippen LogP contribution < -0.4 is 11.1 Å². The van der Waals surface area contributed by atoms with Crippen LogP contribution >= 0.6 is 0 Å². The fraction of sp³-hybridized carbons (Fsp3) is 0.889. The molecule has 1 heterocycles. The van der Waals surface area contributed by atoms with Gasteiger partial charge in [0.05, 0.1) is 6.04 Å². The highest BCUT2D eigenvalue weighted by Crippen LogP contribution is 2.20. The highest BCUT2D eigenvalue weighted by Gasteiger charge is 2.33. The van der Waals surface area contributed by atoms with Gasteiger partial charge < -0.3 is 11.1 Å². The van der Waals surface area contributed by atoms with Gasteiger partial charge >= 0.3 is 0 Å². The van der Waals surface area contributed by atoms with Crippen LogP contribution in [0.5, 0.6) is 0 Å². The lowest BCUT2D eigenvalue weighted by atomic mass is 9.86. The summed E-state index contributed by atoms with van der Waals surface area (Å²) in [6, 6.07) is 0.140. The molecule has 0 saturated carbocycles. The van der Waals surface area contributed by atoms with E-state index < -0.39 is 0 Å². The van der Waals surface area contributed by atoms with Crippen molar-refractivity contribution < 1.29 is 4.79 Å². The summed E-state index contributed by atoms with van der Waals surface area (Å²) in [7, 11) is 0. The molecule has 1 aliphatic heterocycles. The van der Waals surface area contributed by atoms with Crippen LogP contribution in [0.4, 0.5) is 0 Å². The van der Waals surface area contributed by atoms with Crippen LogP contribution in [0.15, 0.2) is 0 Å². The number of carbonyl (C=O) groups excluding carboxylic acids is 1. The van der Waals surface area contributed by atoms with E-state index in [1.54, 1.807) is 0 Å². The van der Waals surface area contributed by atoms with Gasteiger partial charge in [-0.3, -0.25) is 4.79 Å². The number of hydrogen-bond donors (Lipinski definition) is 2. The second-order valence-corrected chi connectivity index (χ2v) is 4.57. The van der Waals surface area contributed by atoms with Gasteiger partial charge in [-0.2, -0.15) is 0 Å². The van der Waals surface area contributed by atoms with Crippen molar-refractivity contribution in [3.05, 3.63) is 0 Å². The molecule has 1 fully saturated rings. The molecule has 0 amide bonds. The predicted molar refractivity (Wildman–Crippen MR) is 48.8 cm³/mol. The van der Waals surface area contributed by atoms with Crippen molar-refractivity contribution in [2.45, 2.75) is 39.3 Å². The van der Waals surface area contributed by atoms with Gasteiger partial charge in [0.15, 0.2) is 5.78 Å². The van der Waals surface area contributed by atoms with Crippen LogP contribution in [-0.2, 0) is 4.79 Å². The summed E-state index contributed by atoms with van der Waals surface area (Å²) in [6.45, 7) is 6.61. The molecule has 3 heteroatoms.